The van der Waals surface area contributed by atoms with Crippen LogP contribution in [-0.2, 0) is 0 Å². The number of pyridine rings is 1. The predicted molar refractivity (Wildman–Crippen MR) is 85.6 cm³/mol. The fraction of sp³-hybridized carbons (Fsp3) is 0.0625. The van der Waals surface area contributed by atoms with Crippen molar-refractivity contribution in [3.63, 3.8) is 0 Å². The van der Waals surface area contributed by atoms with Gasteiger partial charge in [0.1, 0.15) is 0 Å². The molecule has 0 saturated heterocycles. The van der Waals surface area contributed by atoms with Gasteiger partial charge in [0.15, 0.2) is 0 Å². The molecule has 0 amide bonds. The summed E-state index contributed by atoms with van der Waals surface area (Å²) < 4.78 is 0. The molecule has 0 unspecified atom stereocenters. The third-order valence-corrected chi connectivity index (χ3v) is 3.66. The van der Waals surface area contributed by atoms with Gasteiger partial charge >= 0.3 is 0 Å². The molecule has 0 aliphatic carbocycles. The van der Waals surface area contributed by atoms with Crippen molar-refractivity contribution in [1.29, 1.82) is 0 Å². The van der Waals surface area contributed by atoms with Crippen LogP contribution in [0, 0.1) is 6.92 Å². The third kappa shape index (κ3) is 2.28. The Balaban J connectivity index is 2.06. The number of nitrogens with two attached hydrogens (primary N) is 1. The second-order valence-electron chi connectivity index (χ2n) is 4.69. The summed E-state index contributed by atoms with van der Waals surface area (Å²) in [6.45, 7) is 1.98. The van der Waals surface area contributed by atoms with Crippen LogP contribution in [0.4, 0.5) is 17.1 Å². The molecule has 0 radical (unpaired) electrons. The lowest BCUT2D eigenvalue weighted by molar-refractivity contribution is 1.40. The van der Waals surface area contributed by atoms with Gasteiger partial charge in [0.2, 0.25) is 0 Å². The van der Waals surface area contributed by atoms with Crippen molar-refractivity contribution in [2.45, 2.75) is 6.92 Å². The first kappa shape index (κ1) is 12.8. The lowest BCUT2D eigenvalue weighted by Gasteiger charge is -2.11. The van der Waals surface area contributed by atoms with Gasteiger partial charge in [-0.15, -0.1) is 0 Å². The van der Waals surface area contributed by atoms with E-state index in [2.05, 4.69) is 10.3 Å². The van der Waals surface area contributed by atoms with Crippen molar-refractivity contribution >= 4 is 39.6 Å². The lowest BCUT2D eigenvalue weighted by Crippen LogP contribution is -1.95. The minimum Gasteiger partial charge on any atom is -0.397 e. The fourth-order valence-corrected chi connectivity index (χ4v) is 2.31. The summed E-state index contributed by atoms with van der Waals surface area (Å²) in [4.78, 5) is 4.32. The van der Waals surface area contributed by atoms with E-state index in [-0.39, 0.29) is 0 Å². The summed E-state index contributed by atoms with van der Waals surface area (Å²) in [5.41, 5.74) is 10.4. The quantitative estimate of drug-likeness (QED) is 0.680. The highest BCUT2D eigenvalue weighted by atomic mass is 35.5. The van der Waals surface area contributed by atoms with E-state index in [1.54, 1.807) is 6.20 Å². The maximum absolute atomic E-state index is 6.15. The van der Waals surface area contributed by atoms with Crippen LogP contribution in [0.25, 0.3) is 10.9 Å². The Kier molecular flexibility index (Phi) is 3.20. The summed E-state index contributed by atoms with van der Waals surface area (Å²) >= 11 is 6.15. The number of nitrogens with zero attached hydrogens (tertiary/aromatic N) is 1. The molecule has 3 nitrogen and oxygen atoms in total. The number of aromatic nitrogens is 1. The normalized spacial score (nSPS) is 10.7. The van der Waals surface area contributed by atoms with Gasteiger partial charge < -0.3 is 11.1 Å². The summed E-state index contributed by atoms with van der Waals surface area (Å²) in [5.74, 6) is 0. The molecule has 0 saturated carbocycles. The highest BCUT2D eigenvalue weighted by molar-refractivity contribution is 6.31. The Bertz CT molecular complexity index is 784. The molecular formula is C16H14ClN3. The van der Waals surface area contributed by atoms with Crippen molar-refractivity contribution in [2.75, 3.05) is 11.1 Å². The number of benzene rings is 2. The molecule has 4 heteroatoms. The minimum absolute atomic E-state index is 0.674. The van der Waals surface area contributed by atoms with E-state index in [0.717, 1.165) is 32.9 Å². The standard InChI is InChI=1S/C16H14ClN3/c1-10-5-6-11(9-13(10)17)20-15-7-8-19-16-12(15)3-2-4-14(16)18/h2-9H,18H2,1H3,(H,19,20). The van der Waals surface area contributed by atoms with Gasteiger partial charge in [0.05, 0.1) is 11.2 Å². The zero-order valence-corrected chi connectivity index (χ0v) is 11.8. The van der Waals surface area contributed by atoms with Crippen LogP contribution in [0.1, 0.15) is 5.56 Å². The van der Waals surface area contributed by atoms with Crippen molar-refractivity contribution in [3.8, 4) is 0 Å². The maximum atomic E-state index is 6.15. The molecule has 20 heavy (non-hydrogen) atoms. The van der Waals surface area contributed by atoms with Crippen LogP contribution in [0.3, 0.4) is 0 Å². The molecule has 2 aromatic carbocycles. The number of anilines is 3. The number of rotatable bonds is 2. The highest BCUT2D eigenvalue weighted by Gasteiger charge is 2.05. The minimum atomic E-state index is 0.674. The van der Waals surface area contributed by atoms with Gasteiger partial charge in [-0.25, -0.2) is 0 Å². The third-order valence-electron chi connectivity index (χ3n) is 3.25. The molecular weight excluding hydrogens is 270 g/mol. The van der Waals surface area contributed by atoms with Gasteiger partial charge in [-0.1, -0.05) is 29.8 Å². The van der Waals surface area contributed by atoms with Gasteiger partial charge in [-0.2, -0.15) is 0 Å². The van der Waals surface area contributed by atoms with Gasteiger partial charge in [0.25, 0.3) is 0 Å². The van der Waals surface area contributed by atoms with Crippen molar-refractivity contribution in [1.82, 2.24) is 4.98 Å². The lowest BCUT2D eigenvalue weighted by atomic mass is 10.1. The number of hydrogen-bond donors (Lipinski definition) is 2. The van der Waals surface area contributed by atoms with Gasteiger partial charge in [-0.3, -0.25) is 4.98 Å². The van der Waals surface area contributed by atoms with Crippen molar-refractivity contribution in [2.24, 2.45) is 0 Å². The number of para-hydroxylation sites is 1. The fourth-order valence-electron chi connectivity index (χ4n) is 2.13. The molecule has 3 N–H and O–H groups in total. The molecule has 1 aromatic heterocycles. The number of aryl methyl sites for hydroxylation is 1. The van der Waals surface area contributed by atoms with E-state index in [0.29, 0.717) is 5.69 Å². The summed E-state index contributed by atoms with van der Waals surface area (Å²) in [7, 11) is 0. The molecule has 3 aromatic rings. The molecule has 3 rings (SSSR count). The van der Waals surface area contributed by atoms with Crippen LogP contribution >= 0.6 is 11.6 Å². The SMILES string of the molecule is Cc1ccc(Nc2ccnc3c(N)cccc23)cc1Cl. The first-order valence-corrected chi connectivity index (χ1v) is 6.69. The number of halogens is 1. The molecule has 0 fully saturated rings. The molecule has 0 spiro atoms. The largest absolute Gasteiger partial charge is 0.397 e. The maximum Gasteiger partial charge on any atom is 0.0951 e. The van der Waals surface area contributed by atoms with E-state index in [1.807, 2.05) is 49.4 Å². The second kappa shape index (κ2) is 5.02. The molecule has 0 bridgehead atoms. The van der Waals surface area contributed by atoms with Crippen LogP contribution in [0.15, 0.2) is 48.7 Å². The predicted octanol–water partition coefficient (Wildman–Crippen LogP) is 4.52. The van der Waals surface area contributed by atoms with E-state index in [9.17, 15) is 0 Å². The van der Waals surface area contributed by atoms with Crippen LogP contribution in [0.2, 0.25) is 5.02 Å². The Morgan fingerprint density at radius 3 is 2.80 bits per heavy atom. The zero-order chi connectivity index (χ0) is 14.1. The number of nitrogens with one attached hydrogen (secondary N) is 1. The summed E-state index contributed by atoms with van der Waals surface area (Å²) in [6, 6.07) is 13.6. The Morgan fingerprint density at radius 2 is 2.00 bits per heavy atom. The van der Waals surface area contributed by atoms with E-state index >= 15 is 0 Å². The average Bonchev–Trinajstić information content (AvgIpc) is 2.44. The first-order chi connectivity index (χ1) is 9.65. The topological polar surface area (TPSA) is 50.9 Å². The van der Waals surface area contributed by atoms with E-state index in [1.165, 1.54) is 0 Å². The van der Waals surface area contributed by atoms with Gasteiger partial charge in [-0.05, 0) is 36.8 Å². The van der Waals surface area contributed by atoms with Crippen LogP contribution in [0.5, 0.6) is 0 Å². The number of fused-ring (bicyclic) bond motifs is 1. The van der Waals surface area contributed by atoms with Gasteiger partial charge in [0, 0.05) is 28.0 Å². The second-order valence-corrected chi connectivity index (χ2v) is 5.10. The van der Waals surface area contributed by atoms with E-state index < -0.39 is 0 Å². The molecule has 0 aliphatic rings. The van der Waals surface area contributed by atoms with Crippen LogP contribution < -0.4 is 11.1 Å². The monoisotopic (exact) mass is 283 g/mol. The van der Waals surface area contributed by atoms with Crippen molar-refractivity contribution < 1.29 is 0 Å². The Morgan fingerprint density at radius 1 is 1.15 bits per heavy atom. The number of nitrogen functional groups attached to an aromatic ring is 1. The summed E-state index contributed by atoms with van der Waals surface area (Å²) in [5, 5.41) is 5.10. The van der Waals surface area contributed by atoms with Crippen molar-refractivity contribution in [3.05, 3.63) is 59.2 Å². The zero-order valence-electron chi connectivity index (χ0n) is 11.0. The van der Waals surface area contributed by atoms with Crippen LogP contribution in [-0.4, -0.2) is 4.98 Å². The molecule has 1 heterocycles. The smallest absolute Gasteiger partial charge is 0.0951 e. The Hall–Kier alpha value is -2.26. The summed E-state index contributed by atoms with van der Waals surface area (Å²) in [6.07, 6.45) is 1.75. The molecule has 0 aliphatic heterocycles. The Labute approximate surface area is 122 Å². The van der Waals surface area contributed by atoms with E-state index in [4.69, 9.17) is 17.3 Å². The average molecular weight is 284 g/mol. The molecule has 100 valence electrons. The first-order valence-electron chi connectivity index (χ1n) is 6.31. The molecule has 0 atom stereocenters. The highest BCUT2D eigenvalue weighted by Crippen LogP contribution is 2.29. The number of hydrogen-bond acceptors (Lipinski definition) is 3.